The second-order valence-electron chi connectivity index (χ2n) is 14.3. The van der Waals surface area contributed by atoms with Crippen molar-refractivity contribution in [3.05, 3.63) is 200 Å². The molecule has 0 aliphatic carbocycles. The molecule has 0 aliphatic rings. The van der Waals surface area contributed by atoms with Crippen LogP contribution in [-0.2, 0) is 0 Å². The Morgan fingerprint density at radius 3 is 1.66 bits per heavy atom. The van der Waals surface area contributed by atoms with Crippen LogP contribution in [0.5, 0.6) is 0 Å². The predicted octanol–water partition coefficient (Wildman–Crippen LogP) is 13.6. The Hall–Kier alpha value is -7.54. The van der Waals surface area contributed by atoms with E-state index in [1.165, 1.54) is 16.3 Å². The van der Waals surface area contributed by atoms with E-state index in [-0.39, 0.29) is 0 Å². The zero-order valence-electron chi connectivity index (χ0n) is 31.2. The molecule has 0 atom stereocenters. The fourth-order valence-corrected chi connectivity index (χ4v) is 8.88. The summed E-state index contributed by atoms with van der Waals surface area (Å²) in [5.74, 6) is 1.72. The summed E-state index contributed by atoms with van der Waals surface area (Å²) in [5.41, 5.74) is 12.7. The Morgan fingerprint density at radius 2 is 0.931 bits per heavy atom. The lowest BCUT2D eigenvalue weighted by Crippen LogP contribution is -2.03. The minimum absolute atomic E-state index is 0.542. The lowest BCUT2D eigenvalue weighted by molar-refractivity contribution is 1.07. The summed E-state index contributed by atoms with van der Waals surface area (Å²) in [6.45, 7) is 0. The van der Waals surface area contributed by atoms with E-state index in [2.05, 4.69) is 168 Å². The van der Waals surface area contributed by atoms with Crippen LogP contribution >= 0.6 is 11.3 Å². The molecular formula is C52H33N5S. The third-order valence-electron chi connectivity index (χ3n) is 10.7. The zero-order chi connectivity index (χ0) is 38.4. The Kier molecular flexibility index (Phi) is 8.26. The van der Waals surface area contributed by atoms with Gasteiger partial charge < -0.3 is 4.57 Å². The first-order valence-corrected chi connectivity index (χ1v) is 20.1. The van der Waals surface area contributed by atoms with Crippen molar-refractivity contribution in [2.24, 2.45) is 0 Å². The van der Waals surface area contributed by atoms with E-state index in [4.69, 9.17) is 19.9 Å². The number of hydrogen-bond acceptors (Lipinski definition) is 5. The van der Waals surface area contributed by atoms with Gasteiger partial charge in [-0.3, -0.25) is 0 Å². The number of rotatable bonds is 7. The molecule has 3 heterocycles. The third kappa shape index (κ3) is 5.95. The standard InChI is InChI=1S/C52H33N5S/c1-5-16-34(17-6-1)38-29-31-47-43(32-38)53-52(58-47)51-55-49(37-22-11-4-12-23-37)54-50(56-51)42-25-15-27-45(48(42)36-20-9-3-10-21-36)57-44-26-14-13-24-40(44)41-30-28-39(33-46(41)57)35-18-7-2-8-19-35/h1-33H. The van der Waals surface area contributed by atoms with Crippen molar-refractivity contribution in [2.45, 2.75) is 0 Å². The zero-order valence-corrected chi connectivity index (χ0v) is 32.0. The van der Waals surface area contributed by atoms with Gasteiger partial charge in [-0.25, -0.2) is 19.9 Å². The maximum absolute atomic E-state index is 5.28. The van der Waals surface area contributed by atoms with E-state index < -0.39 is 0 Å². The van der Waals surface area contributed by atoms with Crippen molar-refractivity contribution >= 4 is 43.4 Å². The average molecular weight is 760 g/mol. The first kappa shape index (κ1) is 33.8. The second-order valence-corrected chi connectivity index (χ2v) is 15.3. The highest BCUT2D eigenvalue weighted by Gasteiger charge is 2.23. The molecule has 11 rings (SSSR count). The summed E-state index contributed by atoms with van der Waals surface area (Å²) < 4.78 is 3.48. The molecule has 0 spiro atoms. The molecule has 11 aromatic rings. The van der Waals surface area contributed by atoms with Gasteiger partial charge in [0.25, 0.3) is 0 Å². The van der Waals surface area contributed by atoms with E-state index in [9.17, 15) is 0 Å². The molecule has 0 aliphatic heterocycles. The first-order chi connectivity index (χ1) is 28.7. The topological polar surface area (TPSA) is 56.5 Å². The van der Waals surface area contributed by atoms with Gasteiger partial charge in [-0.1, -0.05) is 170 Å². The minimum Gasteiger partial charge on any atom is -0.309 e. The maximum atomic E-state index is 5.28. The molecule has 0 saturated carbocycles. The predicted molar refractivity (Wildman–Crippen MR) is 240 cm³/mol. The van der Waals surface area contributed by atoms with Crippen LogP contribution < -0.4 is 0 Å². The summed E-state index contributed by atoms with van der Waals surface area (Å²) in [6, 6.07) is 70.1. The monoisotopic (exact) mass is 759 g/mol. The van der Waals surface area contributed by atoms with Gasteiger partial charge in [0.15, 0.2) is 22.5 Å². The Labute approximate surface area is 339 Å². The largest absolute Gasteiger partial charge is 0.309 e. The Morgan fingerprint density at radius 1 is 0.362 bits per heavy atom. The molecule has 0 saturated heterocycles. The molecule has 0 amide bonds. The lowest BCUT2D eigenvalue weighted by atomic mass is 9.96. The SMILES string of the molecule is c1ccc(-c2ccc3sc(-c4nc(-c5ccccc5)nc(-c5cccc(-n6c7ccccc7c7ccc(-c8ccccc8)cc76)c5-c5ccccc5)n4)nc3c2)cc1. The van der Waals surface area contributed by atoms with E-state index in [0.717, 1.165) is 70.9 Å². The van der Waals surface area contributed by atoms with Crippen LogP contribution in [0.25, 0.3) is 105 Å². The highest BCUT2D eigenvalue weighted by Crippen LogP contribution is 2.42. The van der Waals surface area contributed by atoms with Crippen molar-refractivity contribution in [1.29, 1.82) is 0 Å². The molecule has 58 heavy (non-hydrogen) atoms. The van der Waals surface area contributed by atoms with E-state index in [1.54, 1.807) is 11.3 Å². The Balaban J connectivity index is 1.16. The number of nitrogens with zero attached hydrogens (tertiary/aromatic N) is 5. The smallest absolute Gasteiger partial charge is 0.192 e. The number of fused-ring (bicyclic) bond motifs is 4. The molecule has 0 fully saturated rings. The van der Waals surface area contributed by atoms with Crippen LogP contribution in [0.4, 0.5) is 0 Å². The van der Waals surface area contributed by atoms with E-state index >= 15 is 0 Å². The van der Waals surface area contributed by atoms with Crippen LogP contribution in [0, 0.1) is 0 Å². The molecule has 3 aromatic heterocycles. The van der Waals surface area contributed by atoms with Gasteiger partial charge in [-0.05, 0) is 58.1 Å². The lowest BCUT2D eigenvalue weighted by Gasteiger charge is -2.18. The fraction of sp³-hybridized carbons (Fsp3) is 0. The van der Waals surface area contributed by atoms with E-state index in [0.29, 0.717) is 17.5 Å². The number of hydrogen-bond donors (Lipinski definition) is 0. The van der Waals surface area contributed by atoms with E-state index in [1.807, 2.05) is 36.4 Å². The Bertz CT molecular complexity index is 3270. The third-order valence-corrected chi connectivity index (χ3v) is 11.8. The summed E-state index contributed by atoms with van der Waals surface area (Å²) in [5, 5.41) is 3.13. The summed E-state index contributed by atoms with van der Waals surface area (Å²) in [4.78, 5) is 20.7. The van der Waals surface area contributed by atoms with Crippen molar-refractivity contribution in [2.75, 3.05) is 0 Å². The van der Waals surface area contributed by atoms with Gasteiger partial charge in [-0.15, -0.1) is 11.3 Å². The van der Waals surface area contributed by atoms with Gasteiger partial charge in [0, 0.05) is 27.5 Å². The van der Waals surface area contributed by atoms with Gasteiger partial charge in [0.1, 0.15) is 0 Å². The molecular weight excluding hydrogens is 727 g/mol. The second kappa shape index (κ2) is 14.2. The van der Waals surface area contributed by atoms with Crippen LogP contribution in [-0.4, -0.2) is 24.5 Å². The molecule has 5 nitrogen and oxygen atoms in total. The molecule has 0 bridgehead atoms. The number of thiazole rings is 1. The van der Waals surface area contributed by atoms with Crippen molar-refractivity contribution in [1.82, 2.24) is 24.5 Å². The van der Waals surface area contributed by atoms with Crippen LogP contribution in [0.2, 0.25) is 0 Å². The van der Waals surface area contributed by atoms with Crippen molar-refractivity contribution in [3.63, 3.8) is 0 Å². The molecule has 0 unspecified atom stereocenters. The molecule has 0 N–H and O–H groups in total. The van der Waals surface area contributed by atoms with Gasteiger partial charge in [-0.2, -0.15) is 0 Å². The van der Waals surface area contributed by atoms with Gasteiger partial charge in [0.05, 0.1) is 26.9 Å². The molecule has 6 heteroatoms. The normalized spacial score (nSPS) is 11.4. The minimum atomic E-state index is 0.542. The molecule has 0 radical (unpaired) electrons. The number of para-hydroxylation sites is 1. The van der Waals surface area contributed by atoms with Crippen LogP contribution in [0.15, 0.2) is 200 Å². The highest BCUT2D eigenvalue weighted by atomic mass is 32.1. The first-order valence-electron chi connectivity index (χ1n) is 19.3. The van der Waals surface area contributed by atoms with Crippen molar-refractivity contribution in [3.8, 4) is 72.7 Å². The summed E-state index contributed by atoms with van der Waals surface area (Å²) in [7, 11) is 0. The van der Waals surface area contributed by atoms with Gasteiger partial charge in [0.2, 0.25) is 0 Å². The molecule has 8 aromatic carbocycles. The summed E-state index contributed by atoms with van der Waals surface area (Å²) in [6.07, 6.45) is 0. The summed E-state index contributed by atoms with van der Waals surface area (Å²) >= 11 is 1.60. The number of aromatic nitrogens is 5. The van der Waals surface area contributed by atoms with Crippen LogP contribution in [0.1, 0.15) is 0 Å². The maximum Gasteiger partial charge on any atom is 0.192 e. The van der Waals surface area contributed by atoms with Gasteiger partial charge >= 0.3 is 0 Å². The number of benzene rings is 8. The highest BCUT2D eigenvalue weighted by molar-refractivity contribution is 7.21. The average Bonchev–Trinajstić information content (AvgIpc) is 3.89. The quantitative estimate of drug-likeness (QED) is 0.162. The molecule has 272 valence electrons. The fourth-order valence-electron chi connectivity index (χ4n) is 8.00. The van der Waals surface area contributed by atoms with Crippen molar-refractivity contribution < 1.29 is 0 Å². The van der Waals surface area contributed by atoms with Crippen LogP contribution in [0.3, 0.4) is 0 Å².